The van der Waals surface area contributed by atoms with E-state index in [2.05, 4.69) is 50.5 Å². The standard InChI is InChI=1S/C30H39N3O3.C27H33N3O3/c1-4-7-12-22-15-17-25(18-16-22)33-29(36)32(28(35)30(33)19-9-8-10-20-30)21-26(34)31-27-23(5-2)13-11-14-24(27)6-3;1-4-19-12-14-22(15-13-19)30-26(33)29(25(32)27(30)16-7-8-17-27)18-23(31)28-24-20(5-2)10-9-11-21(24)6-3/h11,13-18H,4-10,12,19-21H2,1-3H3,(H,31,34);9-15H,4-8,16-18H2,1-3H3,(H,28,31). The van der Waals surface area contributed by atoms with Crippen LogP contribution in [0.3, 0.4) is 0 Å². The molecule has 2 spiro atoms. The Kier molecular flexibility index (Phi) is 16.4. The normalized spacial score (nSPS) is 17.2. The van der Waals surface area contributed by atoms with E-state index < -0.39 is 23.1 Å². The Morgan fingerprint density at radius 2 is 0.841 bits per heavy atom. The largest absolute Gasteiger partial charge is 0.332 e. The summed E-state index contributed by atoms with van der Waals surface area (Å²) in [4.78, 5) is 86.5. The van der Waals surface area contributed by atoms with E-state index in [0.717, 1.165) is 133 Å². The summed E-state index contributed by atoms with van der Waals surface area (Å²) in [6.45, 7) is 11.9. The number of amides is 8. The molecule has 0 aromatic heterocycles. The van der Waals surface area contributed by atoms with Crippen molar-refractivity contribution in [3.8, 4) is 0 Å². The van der Waals surface area contributed by atoms with E-state index in [1.165, 1.54) is 16.0 Å². The van der Waals surface area contributed by atoms with Gasteiger partial charge in [0.1, 0.15) is 24.2 Å². The van der Waals surface area contributed by atoms with Gasteiger partial charge in [0.2, 0.25) is 11.8 Å². The van der Waals surface area contributed by atoms with Crippen LogP contribution in [0.15, 0.2) is 84.9 Å². The molecule has 366 valence electrons. The molecule has 69 heavy (non-hydrogen) atoms. The van der Waals surface area contributed by atoms with Gasteiger partial charge in [-0.05, 0) is 128 Å². The zero-order valence-electron chi connectivity index (χ0n) is 41.8. The van der Waals surface area contributed by atoms with Crippen LogP contribution in [0, 0.1) is 0 Å². The summed E-state index contributed by atoms with van der Waals surface area (Å²) in [6.07, 6.45) is 14.5. The van der Waals surface area contributed by atoms with Crippen LogP contribution >= 0.6 is 0 Å². The predicted molar refractivity (Wildman–Crippen MR) is 275 cm³/mol. The zero-order chi connectivity index (χ0) is 49.3. The van der Waals surface area contributed by atoms with Gasteiger partial charge in [0.25, 0.3) is 11.8 Å². The number of unbranched alkanes of at least 4 members (excludes halogenated alkanes) is 1. The Morgan fingerprint density at radius 3 is 1.19 bits per heavy atom. The lowest BCUT2D eigenvalue weighted by Gasteiger charge is -2.38. The van der Waals surface area contributed by atoms with Gasteiger partial charge in [0.05, 0.1) is 0 Å². The third-order valence-electron chi connectivity index (χ3n) is 14.8. The third kappa shape index (κ3) is 10.2. The van der Waals surface area contributed by atoms with E-state index in [4.69, 9.17) is 0 Å². The Bertz CT molecular complexity index is 2460. The molecule has 4 fully saturated rings. The lowest BCUT2D eigenvalue weighted by atomic mass is 9.80. The van der Waals surface area contributed by atoms with Gasteiger partial charge in [-0.1, -0.05) is 141 Å². The van der Waals surface area contributed by atoms with Crippen molar-refractivity contribution in [2.75, 3.05) is 33.5 Å². The van der Waals surface area contributed by atoms with Crippen molar-refractivity contribution >= 4 is 58.4 Å². The first-order chi connectivity index (χ1) is 33.4. The second-order valence-electron chi connectivity index (χ2n) is 19.1. The van der Waals surface area contributed by atoms with Crippen LogP contribution in [0.25, 0.3) is 0 Å². The number of aryl methyl sites for hydroxylation is 6. The number of hydrogen-bond donors (Lipinski definition) is 2. The lowest BCUT2D eigenvalue weighted by molar-refractivity contribution is -0.134. The van der Waals surface area contributed by atoms with Crippen LogP contribution in [0.4, 0.5) is 32.3 Å². The molecular formula is C57H72N6O6. The van der Waals surface area contributed by atoms with Crippen molar-refractivity contribution in [1.82, 2.24) is 9.80 Å². The molecule has 0 bridgehead atoms. The maximum atomic E-state index is 13.8. The van der Waals surface area contributed by atoms with Crippen molar-refractivity contribution in [2.24, 2.45) is 0 Å². The van der Waals surface area contributed by atoms with E-state index in [1.54, 1.807) is 9.80 Å². The van der Waals surface area contributed by atoms with Gasteiger partial charge in [0, 0.05) is 22.7 Å². The Hall–Kier alpha value is -6.30. The molecule has 4 aliphatic rings. The van der Waals surface area contributed by atoms with Gasteiger partial charge >= 0.3 is 12.1 Å². The minimum atomic E-state index is -0.892. The minimum absolute atomic E-state index is 0.239. The first-order valence-electron chi connectivity index (χ1n) is 25.7. The highest BCUT2D eigenvalue weighted by Gasteiger charge is 2.60. The number of nitrogens with zero attached hydrogens (tertiary/aromatic N) is 4. The predicted octanol–water partition coefficient (Wildman–Crippen LogP) is 11.4. The van der Waals surface area contributed by atoms with Crippen LogP contribution in [0.2, 0.25) is 0 Å². The molecule has 2 N–H and O–H groups in total. The molecular weight excluding hydrogens is 865 g/mol. The maximum Gasteiger partial charge on any atom is 0.332 e. The number of benzene rings is 4. The highest BCUT2D eigenvalue weighted by molar-refractivity contribution is 6.20. The zero-order valence-corrected chi connectivity index (χ0v) is 41.8. The molecule has 2 heterocycles. The third-order valence-corrected chi connectivity index (χ3v) is 14.8. The average Bonchev–Trinajstić information content (AvgIpc) is 3.99. The van der Waals surface area contributed by atoms with Crippen LogP contribution < -0.4 is 20.4 Å². The number of anilines is 4. The SMILES string of the molecule is CCCCc1ccc(N2C(=O)N(CC(=O)Nc3c(CC)cccc3CC)C(=O)C23CCCCC3)cc1.CCc1ccc(N2C(=O)N(CC(=O)Nc3c(CC)cccc3CC)C(=O)C23CCCC3)cc1. The molecule has 2 aliphatic carbocycles. The Morgan fingerprint density at radius 1 is 0.478 bits per heavy atom. The molecule has 12 heteroatoms. The van der Waals surface area contributed by atoms with Gasteiger partial charge in [0.15, 0.2) is 0 Å². The maximum absolute atomic E-state index is 13.8. The van der Waals surface area contributed by atoms with E-state index in [0.29, 0.717) is 25.7 Å². The molecule has 2 saturated heterocycles. The highest BCUT2D eigenvalue weighted by atomic mass is 16.2. The molecule has 2 aliphatic heterocycles. The second kappa shape index (κ2) is 22.4. The molecule has 4 aromatic carbocycles. The summed E-state index contributed by atoms with van der Waals surface area (Å²) in [6, 6.07) is 27.1. The summed E-state index contributed by atoms with van der Waals surface area (Å²) >= 11 is 0. The van der Waals surface area contributed by atoms with Crippen molar-refractivity contribution < 1.29 is 28.8 Å². The average molecular weight is 937 g/mol. The summed E-state index contributed by atoms with van der Waals surface area (Å²) in [5, 5.41) is 6.01. The van der Waals surface area contributed by atoms with Crippen molar-refractivity contribution in [3.05, 3.63) is 118 Å². The fourth-order valence-corrected chi connectivity index (χ4v) is 11.0. The molecule has 0 unspecified atom stereocenters. The van der Waals surface area contributed by atoms with Crippen LogP contribution in [-0.2, 0) is 57.7 Å². The quantitative estimate of drug-likeness (QED) is 0.107. The second-order valence-corrected chi connectivity index (χ2v) is 19.1. The number of carbonyl (C=O) groups excluding carboxylic acids is 6. The van der Waals surface area contributed by atoms with E-state index >= 15 is 0 Å². The molecule has 12 nitrogen and oxygen atoms in total. The molecule has 4 aromatic rings. The van der Waals surface area contributed by atoms with Crippen LogP contribution in [0.5, 0.6) is 0 Å². The number of imide groups is 2. The van der Waals surface area contributed by atoms with E-state index in [1.807, 2.05) is 86.6 Å². The van der Waals surface area contributed by atoms with Gasteiger partial charge in [-0.3, -0.25) is 38.8 Å². The number of para-hydroxylation sites is 2. The summed E-state index contributed by atoms with van der Waals surface area (Å²) < 4.78 is 0. The number of hydrogen-bond acceptors (Lipinski definition) is 6. The summed E-state index contributed by atoms with van der Waals surface area (Å²) in [5.74, 6) is -1.17. The molecule has 2 saturated carbocycles. The number of rotatable bonds is 16. The van der Waals surface area contributed by atoms with E-state index in [9.17, 15) is 28.8 Å². The Labute approximate surface area is 409 Å². The fourth-order valence-electron chi connectivity index (χ4n) is 11.0. The van der Waals surface area contributed by atoms with E-state index in [-0.39, 0.29) is 36.7 Å². The van der Waals surface area contributed by atoms with Crippen molar-refractivity contribution in [3.63, 3.8) is 0 Å². The van der Waals surface area contributed by atoms with Gasteiger partial charge in [-0.15, -0.1) is 0 Å². The molecule has 8 rings (SSSR count). The van der Waals surface area contributed by atoms with Gasteiger partial charge in [-0.2, -0.15) is 0 Å². The number of nitrogens with one attached hydrogen (secondary N) is 2. The van der Waals surface area contributed by atoms with Gasteiger partial charge in [-0.25, -0.2) is 9.59 Å². The topological polar surface area (TPSA) is 139 Å². The van der Waals surface area contributed by atoms with Crippen LogP contribution in [-0.4, -0.2) is 69.7 Å². The monoisotopic (exact) mass is 937 g/mol. The summed E-state index contributed by atoms with van der Waals surface area (Å²) in [5.41, 5.74) is 7.90. The summed E-state index contributed by atoms with van der Waals surface area (Å²) in [7, 11) is 0. The van der Waals surface area contributed by atoms with Gasteiger partial charge < -0.3 is 10.6 Å². The smallest absolute Gasteiger partial charge is 0.324 e. The van der Waals surface area contributed by atoms with Crippen molar-refractivity contribution in [2.45, 2.75) is 162 Å². The molecule has 0 radical (unpaired) electrons. The van der Waals surface area contributed by atoms with Crippen LogP contribution in [0.1, 0.15) is 146 Å². The lowest BCUT2D eigenvalue weighted by Crippen LogP contribution is -2.51. The fraction of sp³-hybridized carbons (Fsp3) is 0.474. The first-order valence-corrected chi connectivity index (χ1v) is 25.7. The minimum Gasteiger partial charge on any atom is -0.324 e. The molecule has 8 amide bonds. The number of carbonyl (C=O) groups is 6. The Balaban J connectivity index is 0.000000205. The highest BCUT2D eigenvalue weighted by Crippen LogP contribution is 2.45. The molecule has 0 atom stereocenters. The first kappa shape index (κ1) is 50.6. The number of urea groups is 2. The van der Waals surface area contributed by atoms with Crippen molar-refractivity contribution in [1.29, 1.82) is 0 Å².